The first-order valence-electron chi connectivity index (χ1n) is 7.13. The van der Waals surface area contributed by atoms with Gasteiger partial charge in [0, 0.05) is 21.9 Å². The van der Waals surface area contributed by atoms with E-state index >= 15 is 0 Å². The van der Waals surface area contributed by atoms with Gasteiger partial charge in [0.1, 0.15) is 5.69 Å². The molecular formula is C17H11Cl3N4O. The largest absolute Gasteiger partial charge is 0.323 e. The Balaban J connectivity index is 1.77. The summed E-state index contributed by atoms with van der Waals surface area (Å²) in [4.78, 5) is 20.6. The molecule has 1 heterocycles. The molecule has 0 unspecified atom stereocenters. The molecule has 3 rings (SSSR count). The van der Waals surface area contributed by atoms with E-state index in [9.17, 15) is 4.79 Å². The van der Waals surface area contributed by atoms with Crippen molar-refractivity contribution >= 4 is 58.0 Å². The number of halogens is 3. The third-order valence-electron chi connectivity index (χ3n) is 3.17. The lowest BCUT2D eigenvalue weighted by molar-refractivity contribution is 0.102. The van der Waals surface area contributed by atoms with Crippen molar-refractivity contribution in [2.24, 2.45) is 0 Å². The fraction of sp³-hybridized carbons (Fsp3) is 0. The molecule has 2 aromatic carbocycles. The summed E-state index contributed by atoms with van der Waals surface area (Å²) in [5, 5.41) is 7.24. The molecular weight excluding hydrogens is 383 g/mol. The summed E-state index contributed by atoms with van der Waals surface area (Å²) in [6.45, 7) is 0. The molecule has 3 aromatic rings. The van der Waals surface area contributed by atoms with Gasteiger partial charge in [-0.15, -0.1) is 0 Å². The number of hydrogen-bond acceptors (Lipinski definition) is 4. The van der Waals surface area contributed by atoms with Crippen LogP contribution in [0.15, 0.2) is 54.7 Å². The highest BCUT2D eigenvalue weighted by Crippen LogP contribution is 2.27. The molecule has 5 nitrogen and oxygen atoms in total. The van der Waals surface area contributed by atoms with Gasteiger partial charge in [-0.2, -0.15) is 0 Å². The molecule has 0 aliphatic carbocycles. The minimum atomic E-state index is -0.370. The maximum atomic E-state index is 12.3. The SMILES string of the molecule is O=C(Nc1ccc(Cl)cc1)c1ccnc(Nc2cc(Cl)ccc2Cl)n1. The van der Waals surface area contributed by atoms with Crippen molar-refractivity contribution in [2.75, 3.05) is 10.6 Å². The zero-order valence-electron chi connectivity index (χ0n) is 12.6. The molecule has 2 N–H and O–H groups in total. The number of nitrogens with one attached hydrogen (secondary N) is 2. The normalized spacial score (nSPS) is 10.4. The number of aromatic nitrogens is 2. The Morgan fingerprint density at radius 1 is 0.920 bits per heavy atom. The number of carbonyl (C=O) groups is 1. The Hall–Kier alpha value is -2.34. The van der Waals surface area contributed by atoms with E-state index in [0.29, 0.717) is 26.4 Å². The zero-order chi connectivity index (χ0) is 17.8. The van der Waals surface area contributed by atoms with Crippen LogP contribution >= 0.6 is 34.8 Å². The first-order chi connectivity index (χ1) is 12.0. The lowest BCUT2D eigenvalue weighted by atomic mass is 10.3. The van der Waals surface area contributed by atoms with E-state index < -0.39 is 0 Å². The van der Waals surface area contributed by atoms with Crippen LogP contribution in [0.5, 0.6) is 0 Å². The Kier molecular flexibility index (Phi) is 5.38. The van der Waals surface area contributed by atoms with Crippen LogP contribution < -0.4 is 10.6 Å². The van der Waals surface area contributed by atoms with Gasteiger partial charge >= 0.3 is 0 Å². The van der Waals surface area contributed by atoms with Crippen LogP contribution in [0.4, 0.5) is 17.3 Å². The predicted molar refractivity (Wildman–Crippen MR) is 101 cm³/mol. The fourth-order valence-electron chi connectivity index (χ4n) is 1.99. The highest BCUT2D eigenvalue weighted by molar-refractivity contribution is 6.35. The van der Waals surface area contributed by atoms with E-state index in [1.165, 1.54) is 12.3 Å². The maximum Gasteiger partial charge on any atom is 0.274 e. The second kappa shape index (κ2) is 7.70. The van der Waals surface area contributed by atoms with Gasteiger partial charge in [0.2, 0.25) is 5.95 Å². The first kappa shape index (κ1) is 17.5. The smallest absolute Gasteiger partial charge is 0.274 e. The molecule has 0 fully saturated rings. The van der Waals surface area contributed by atoms with E-state index in [2.05, 4.69) is 20.6 Å². The van der Waals surface area contributed by atoms with Crippen molar-refractivity contribution in [3.05, 3.63) is 75.5 Å². The van der Waals surface area contributed by atoms with E-state index in [1.807, 2.05) is 0 Å². The van der Waals surface area contributed by atoms with Crippen molar-refractivity contribution in [3.63, 3.8) is 0 Å². The van der Waals surface area contributed by atoms with Crippen molar-refractivity contribution in [2.45, 2.75) is 0 Å². The Labute approximate surface area is 159 Å². The monoisotopic (exact) mass is 392 g/mol. The summed E-state index contributed by atoms with van der Waals surface area (Å²) in [7, 11) is 0. The van der Waals surface area contributed by atoms with Gasteiger partial charge < -0.3 is 10.6 Å². The quantitative estimate of drug-likeness (QED) is 0.620. The number of carbonyl (C=O) groups excluding carboxylic acids is 1. The summed E-state index contributed by atoms with van der Waals surface area (Å²) < 4.78 is 0. The highest BCUT2D eigenvalue weighted by Gasteiger charge is 2.10. The summed E-state index contributed by atoms with van der Waals surface area (Å²) >= 11 is 17.9. The third-order valence-corrected chi connectivity index (χ3v) is 3.98. The van der Waals surface area contributed by atoms with Crippen LogP contribution in [-0.2, 0) is 0 Å². The number of nitrogens with zero attached hydrogens (tertiary/aromatic N) is 2. The number of rotatable bonds is 4. The van der Waals surface area contributed by atoms with Gasteiger partial charge in [0.25, 0.3) is 5.91 Å². The van der Waals surface area contributed by atoms with Gasteiger partial charge in [-0.3, -0.25) is 4.79 Å². The second-order valence-corrected chi connectivity index (χ2v) is 6.26. The minimum absolute atomic E-state index is 0.200. The van der Waals surface area contributed by atoms with E-state index in [4.69, 9.17) is 34.8 Å². The van der Waals surface area contributed by atoms with Crippen molar-refractivity contribution in [1.29, 1.82) is 0 Å². The summed E-state index contributed by atoms with van der Waals surface area (Å²) in [5.74, 6) is -0.141. The lowest BCUT2D eigenvalue weighted by Crippen LogP contribution is -2.14. The lowest BCUT2D eigenvalue weighted by Gasteiger charge is -2.09. The molecule has 1 amide bonds. The van der Waals surface area contributed by atoms with Crippen LogP contribution in [0.3, 0.4) is 0 Å². The van der Waals surface area contributed by atoms with Gasteiger partial charge in [0.05, 0.1) is 10.7 Å². The molecule has 0 atom stereocenters. The standard InChI is InChI=1S/C17H11Cl3N4O/c18-10-1-4-12(5-2-10)22-16(25)14-7-8-21-17(23-14)24-15-9-11(19)3-6-13(15)20/h1-9H,(H,22,25)(H,21,23,24). The average molecular weight is 394 g/mol. The van der Waals surface area contributed by atoms with Crippen LogP contribution in [0.25, 0.3) is 0 Å². The third kappa shape index (κ3) is 4.60. The topological polar surface area (TPSA) is 66.9 Å². The Morgan fingerprint density at radius 3 is 2.40 bits per heavy atom. The molecule has 126 valence electrons. The maximum absolute atomic E-state index is 12.3. The van der Waals surface area contributed by atoms with Crippen LogP contribution in [-0.4, -0.2) is 15.9 Å². The molecule has 0 aliphatic heterocycles. The Morgan fingerprint density at radius 2 is 1.64 bits per heavy atom. The number of hydrogen-bond donors (Lipinski definition) is 2. The van der Waals surface area contributed by atoms with E-state index in [0.717, 1.165) is 0 Å². The number of anilines is 3. The highest BCUT2D eigenvalue weighted by atomic mass is 35.5. The van der Waals surface area contributed by atoms with Crippen molar-refractivity contribution in [1.82, 2.24) is 9.97 Å². The Bertz CT molecular complexity index is 916. The molecule has 1 aromatic heterocycles. The fourth-order valence-corrected chi connectivity index (χ4v) is 2.45. The van der Waals surface area contributed by atoms with Gasteiger partial charge in [-0.05, 0) is 48.5 Å². The molecule has 0 spiro atoms. The molecule has 0 saturated carbocycles. The minimum Gasteiger partial charge on any atom is -0.323 e. The molecule has 0 aliphatic rings. The van der Waals surface area contributed by atoms with Crippen LogP contribution in [0.1, 0.15) is 10.5 Å². The molecule has 0 radical (unpaired) electrons. The van der Waals surface area contributed by atoms with E-state index in [-0.39, 0.29) is 17.5 Å². The summed E-state index contributed by atoms with van der Waals surface area (Å²) in [6, 6.07) is 13.3. The molecule has 25 heavy (non-hydrogen) atoms. The van der Waals surface area contributed by atoms with Gasteiger partial charge in [-0.1, -0.05) is 34.8 Å². The van der Waals surface area contributed by atoms with Gasteiger partial charge in [0.15, 0.2) is 0 Å². The molecule has 0 saturated heterocycles. The van der Waals surface area contributed by atoms with Crippen LogP contribution in [0, 0.1) is 0 Å². The van der Waals surface area contributed by atoms with Crippen molar-refractivity contribution in [3.8, 4) is 0 Å². The number of amides is 1. The van der Waals surface area contributed by atoms with Gasteiger partial charge in [-0.25, -0.2) is 9.97 Å². The molecule has 8 heteroatoms. The first-order valence-corrected chi connectivity index (χ1v) is 8.27. The summed E-state index contributed by atoms with van der Waals surface area (Å²) in [6.07, 6.45) is 1.48. The average Bonchev–Trinajstić information content (AvgIpc) is 2.60. The molecule has 0 bridgehead atoms. The summed E-state index contributed by atoms with van der Waals surface area (Å²) in [5.41, 5.74) is 1.36. The van der Waals surface area contributed by atoms with Crippen LogP contribution in [0.2, 0.25) is 15.1 Å². The second-order valence-electron chi connectivity index (χ2n) is 4.98. The van der Waals surface area contributed by atoms with Crippen molar-refractivity contribution < 1.29 is 4.79 Å². The predicted octanol–water partition coefficient (Wildman–Crippen LogP) is 5.43. The zero-order valence-corrected chi connectivity index (χ0v) is 14.9. The van der Waals surface area contributed by atoms with E-state index in [1.54, 1.807) is 42.5 Å². The number of benzene rings is 2.